The second kappa shape index (κ2) is 6.32. The zero-order valence-corrected chi connectivity index (χ0v) is 13.5. The summed E-state index contributed by atoms with van der Waals surface area (Å²) in [6.45, 7) is 5.78. The summed E-state index contributed by atoms with van der Waals surface area (Å²) < 4.78 is 6.06. The van der Waals surface area contributed by atoms with Crippen molar-refractivity contribution >= 4 is 11.7 Å². The minimum absolute atomic E-state index is 0.183. The number of carboxylic acids is 1. The van der Waals surface area contributed by atoms with E-state index in [2.05, 4.69) is 36.9 Å². The molecule has 0 aromatic heterocycles. The number of carboxylic acid groups (broad SMARTS) is 1. The summed E-state index contributed by atoms with van der Waals surface area (Å²) >= 11 is 0. The second-order valence-corrected chi connectivity index (χ2v) is 6.00. The van der Waals surface area contributed by atoms with Crippen molar-refractivity contribution in [2.24, 2.45) is 0 Å². The van der Waals surface area contributed by atoms with Crippen molar-refractivity contribution in [3.8, 4) is 5.75 Å². The normalized spacial score (nSPS) is 16.6. The highest BCUT2D eigenvalue weighted by molar-refractivity contribution is 5.87. The molecule has 4 nitrogen and oxygen atoms in total. The van der Waals surface area contributed by atoms with Crippen LogP contribution < -0.4 is 9.64 Å². The fourth-order valence-corrected chi connectivity index (χ4v) is 2.87. The zero-order chi connectivity index (χ0) is 16.4. The lowest BCUT2D eigenvalue weighted by Crippen LogP contribution is -2.39. The summed E-state index contributed by atoms with van der Waals surface area (Å²) in [6.07, 6.45) is 1.14. The van der Waals surface area contributed by atoms with Crippen LogP contribution >= 0.6 is 0 Å². The molecule has 0 saturated heterocycles. The fourth-order valence-electron chi connectivity index (χ4n) is 2.87. The summed E-state index contributed by atoms with van der Waals surface area (Å²) in [5, 5.41) is 8.99. The van der Waals surface area contributed by atoms with Crippen LogP contribution in [-0.4, -0.2) is 23.7 Å². The van der Waals surface area contributed by atoms with Gasteiger partial charge in [0, 0.05) is 6.54 Å². The van der Waals surface area contributed by atoms with Crippen LogP contribution in [-0.2, 0) is 6.54 Å². The molecule has 1 atom stereocenters. The van der Waals surface area contributed by atoms with Gasteiger partial charge in [-0.3, -0.25) is 0 Å². The number of aryl methyl sites for hydroxylation is 1. The molecule has 3 rings (SSSR count). The topological polar surface area (TPSA) is 49.8 Å². The molecule has 2 aromatic carbocycles. The maximum absolute atomic E-state index is 11.0. The largest absolute Gasteiger partial charge is 0.486 e. The third-order valence-corrected chi connectivity index (χ3v) is 4.20. The Hall–Kier alpha value is -2.49. The van der Waals surface area contributed by atoms with Crippen molar-refractivity contribution < 1.29 is 14.6 Å². The molecule has 0 saturated carbocycles. The monoisotopic (exact) mass is 311 g/mol. The average Bonchev–Trinajstić information content (AvgIpc) is 2.54. The molecule has 0 amide bonds. The smallest absolute Gasteiger partial charge is 0.335 e. The first-order chi connectivity index (χ1) is 11.1. The van der Waals surface area contributed by atoms with Crippen LogP contribution in [0.4, 0.5) is 5.69 Å². The van der Waals surface area contributed by atoms with Gasteiger partial charge in [-0.15, -0.1) is 0 Å². The average molecular weight is 311 g/mol. The number of aromatic carboxylic acids is 1. The summed E-state index contributed by atoms with van der Waals surface area (Å²) in [7, 11) is 0. The fraction of sp³-hybridized carbons (Fsp3) is 0.316. The van der Waals surface area contributed by atoms with Gasteiger partial charge >= 0.3 is 5.97 Å². The standard InChI is InChI=1S/C19H21NO3/c1-3-16-12-20(17-9-4-13(2)10-18(17)23-16)11-14-5-7-15(8-6-14)19(21)22/h4-10,16H,3,11-12H2,1-2H3,(H,21,22). The van der Waals surface area contributed by atoms with E-state index in [0.29, 0.717) is 5.56 Å². The van der Waals surface area contributed by atoms with E-state index in [9.17, 15) is 4.79 Å². The maximum atomic E-state index is 11.0. The Kier molecular flexibility index (Phi) is 4.24. The Morgan fingerprint density at radius 3 is 2.65 bits per heavy atom. The van der Waals surface area contributed by atoms with Gasteiger partial charge < -0.3 is 14.7 Å². The molecule has 1 unspecified atom stereocenters. The van der Waals surface area contributed by atoms with Crippen LogP contribution in [0.2, 0.25) is 0 Å². The zero-order valence-electron chi connectivity index (χ0n) is 13.5. The van der Waals surface area contributed by atoms with Crippen molar-refractivity contribution in [3.63, 3.8) is 0 Å². The Balaban J connectivity index is 1.85. The summed E-state index contributed by atoms with van der Waals surface area (Å²) in [4.78, 5) is 13.3. The molecular weight excluding hydrogens is 290 g/mol. The molecular formula is C19H21NO3. The molecule has 4 heteroatoms. The van der Waals surface area contributed by atoms with Crippen LogP contribution in [0.25, 0.3) is 0 Å². The van der Waals surface area contributed by atoms with Gasteiger partial charge in [-0.1, -0.05) is 25.1 Å². The van der Waals surface area contributed by atoms with Gasteiger partial charge in [-0.05, 0) is 48.7 Å². The van der Waals surface area contributed by atoms with E-state index in [1.165, 1.54) is 5.56 Å². The molecule has 0 aliphatic carbocycles. The van der Waals surface area contributed by atoms with Gasteiger partial charge in [-0.25, -0.2) is 4.79 Å². The molecule has 0 bridgehead atoms. The SMILES string of the molecule is CCC1CN(Cc2ccc(C(=O)O)cc2)c2ccc(C)cc2O1. The Labute approximate surface area is 136 Å². The van der Waals surface area contributed by atoms with E-state index in [1.807, 2.05) is 12.1 Å². The molecule has 0 radical (unpaired) electrons. The summed E-state index contributed by atoms with van der Waals surface area (Å²) in [5.41, 5.74) is 3.70. The number of nitrogens with zero attached hydrogens (tertiary/aromatic N) is 1. The van der Waals surface area contributed by atoms with E-state index >= 15 is 0 Å². The van der Waals surface area contributed by atoms with Gasteiger partial charge in [-0.2, -0.15) is 0 Å². The predicted octanol–water partition coefficient (Wildman–Crippen LogP) is 3.87. The van der Waals surface area contributed by atoms with Crippen LogP contribution in [0.3, 0.4) is 0 Å². The van der Waals surface area contributed by atoms with Gasteiger partial charge in [0.15, 0.2) is 0 Å². The van der Waals surface area contributed by atoms with E-state index in [1.54, 1.807) is 12.1 Å². The van der Waals surface area contributed by atoms with E-state index < -0.39 is 5.97 Å². The highest BCUT2D eigenvalue weighted by atomic mass is 16.5. The van der Waals surface area contributed by atoms with Crippen molar-refractivity contribution in [1.82, 2.24) is 0 Å². The van der Waals surface area contributed by atoms with Crippen LogP contribution in [0.5, 0.6) is 5.75 Å². The number of anilines is 1. The van der Waals surface area contributed by atoms with Crippen molar-refractivity contribution in [1.29, 1.82) is 0 Å². The molecule has 1 aliphatic heterocycles. The molecule has 0 fully saturated rings. The highest BCUT2D eigenvalue weighted by Crippen LogP contribution is 2.35. The van der Waals surface area contributed by atoms with Gasteiger partial charge in [0.2, 0.25) is 0 Å². The highest BCUT2D eigenvalue weighted by Gasteiger charge is 2.24. The number of hydrogen-bond acceptors (Lipinski definition) is 3. The molecule has 23 heavy (non-hydrogen) atoms. The van der Waals surface area contributed by atoms with E-state index in [4.69, 9.17) is 9.84 Å². The summed E-state index contributed by atoms with van der Waals surface area (Å²) in [5.74, 6) is 0.0417. The lowest BCUT2D eigenvalue weighted by molar-refractivity contribution is 0.0697. The van der Waals surface area contributed by atoms with E-state index in [0.717, 1.165) is 36.5 Å². The quantitative estimate of drug-likeness (QED) is 0.931. The molecule has 0 spiro atoms. The number of benzene rings is 2. The Bertz CT molecular complexity index is 709. The summed E-state index contributed by atoms with van der Waals surface area (Å²) in [6, 6.07) is 13.4. The molecule has 1 heterocycles. The number of hydrogen-bond donors (Lipinski definition) is 1. The Morgan fingerprint density at radius 1 is 1.26 bits per heavy atom. The number of rotatable bonds is 4. The molecule has 2 aromatic rings. The lowest BCUT2D eigenvalue weighted by Gasteiger charge is -2.36. The first-order valence-electron chi connectivity index (χ1n) is 7.91. The molecule has 1 aliphatic rings. The van der Waals surface area contributed by atoms with Crippen LogP contribution in [0, 0.1) is 6.92 Å². The Morgan fingerprint density at radius 2 is 2.00 bits per heavy atom. The number of carbonyl (C=O) groups is 1. The lowest BCUT2D eigenvalue weighted by atomic mass is 10.1. The van der Waals surface area contributed by atoms with Crippen LogP contribution in [0.15, 0.2) is 42.5 Å². The number of ether oxygens (including phenoxy) is 1. The van der Waals surface area contributed by atoms with Crippen LogP contribution in [0.1, 0.15) is 34.8 Å². The van der Waals surface area contributed by atoms with Gasteiger partial charge in [0.1, 0.15) is 11.9 Å². The minimum atomic E-state index is -0.894. The predicted molar refractivity (Wildman–Crippen MR) is 90.3 cm³/mol. The van der Waals surface area contributed by atoms with Crippen molar-refractivity contribution in [2.75, 3.05) is 11.4 Å². The molecule has 120 valence electrons. The van der Waals surface area contributed by atoms with Gasteiger partial charge in [0.05, 0.1) is 17.8 Å². The molecule has 1 N–H and O–H groups in total. The number of fused-ring (bicyclic) bond motifs is 1. The van der Waals surface area contributed by atoms with Crippen molar-refractivity contribution in [3.05, 3.63) is 59.2 Å². The van der Waals surface area contributed by atoms with E-state index in [-0.39, 0.29) is 6.10 Å². The first kappa shape index (κ1) is 15.4. The maximum Gasteiger partial charge on any atom is 0.335 e. The van der Waals surface area contributed by atoms with Crippen molar-refractivity contribution in [2.45, 2.75) is 32.9 Å². The second-order valence-electron chi connectivity index (χ2n) is 6.00. The minimum Gasteiger partial charge on any atom is -0.486 e. The third-order valence-electron chi connectivity index (χ3n) is 4.20. The third kappa shape index (κ3) is 3.31. The first-order valence-corrected chi connectivity index (χ1v) is 7.91. The van der Waals surface area contributed by atoms with Gasteiger partial charge in [0.25, 0.3) is 0 Å².